The van der Waals surface area contributed by atoms with Gasteiger partial charge in [-0.15, -0.1) is 11.3 Å². The fourth-order valence-corrected chi connectivity index (χ4v) is 6.77. The first kappa shape index (κ1) is 35.3. The Morgan fingerprint density at radius 2 is 1.98 bits per heavy atom. The second-order valence-corrected chi connectivity index (χ2v) is 14.5. The molecule has 2 aliphatic rings. The molecule has 0 saturated carbocycles. The highest BCUT2D eigenvalue weighted by atomic mass is 32.1. The van der Waals surface area contributed by atoms with Crippen molar-refractivity contribution in [2.75, 3.05) is 6.54 Å². The number of carbonyl (C=O) groups excluding carboxylic acids is 3. The van der Waals surface area contributed by atoms with E-state index in [2.05, 4.69) is 17.2 Å². The minimum atomic E-state index is -1.23. The van der Waals surface area contributed by atoms with Gasteiger partial charge in [-0.2, -0.15) is 0 Å². The molecule has 10 heteroatoms. The van der Waals surface area contributed by atoms with Crippen molar-refractivity contribution in [3.63, 3.8) is 0 Å². The highest BCUT2D eigenvalue weighted by Crippen LogP contribution is 2.44. The molecule has 242 valence electrons. The normalized spacial score (nSPS) is 32.5. The average molecular weight is 620 g/mol. The number of ether oxygens (including phenoxy) is 2. The van der Waals surface area contributed by atoms with Crippen LogP contribution in [0, 0.1) is 24.2 Å². The van der Waals surface area contributed by atoms with Crippen LogP contribution >= 0.6 is 11.3 Å². The van der Waals surface area contributed by atoms with Crippen molar-refractivity contribution >= 4 is 35.1 Å². The Morgan fingerprint density at radius 3 is 2.63 bits per heavy atom. The fraction of sp³-hybridized carbons (Fsp3) is 0.758. The number of aryl methyl sites for hydroxylation is 1. The molecule has 0 spiro atoms. The van der Waals surface area contributed by atoms with E-state index in [-0.39, 0.29) is 54.2 Å². The summed E-state index contributed by atoms with van der Waals surface area (Å²) in [5.74, 6) is -1.60. The highest BCUT2D eigenvalue weighted by molar-refractivity contribution is 7.09. The number of fused-ring (bicyclic) bond motifs is 1. The molecule has 0 radical (unpaired) electrons. The van der Waals surface area contributed by atoms with Crippen molar-refractivity contribution < 1.29 is 29.0 Å². The van der Waals surface area contributed by atoms with E-state index < -0.39 is 23.5 Å². The van der Waals surface area contributed by atoms with Gasteiger partial charge in [0.05, 0.1) is 52.3 Å². The molecule has 0 aliphatic carbocycles. The van der Waals surface area contributed by atoms with Gasteiger partial charge in [-0.05, 0) is 70.6 Å². The van der Waals surface area contributed by atoms with Crippen LogP contribution in [0.15, 0.2) is 11.0 Å². The van der Waals surface area contributed by atoms with E-state index in [0.29, 0.717) is 19.4 Å². The Hall–Kier alpha value is -2.14. The van der Waals surface area contributed by atoms with Crippen LogP contribution in [0.2, 0.25) is 0 Å². The maximum absolute atomic E-state index is 13.9. The predicted molar refractivity (Wildman–Crippen MR) is 169 cm³/mol. The summed E-state index contributed by atoms with van der Waals surface area (Å²) >= 11 is 1.57. The lowest BCUT2D eigenvalue weighted by Crippen LogP contribution is -2.48. The number of nitrogens with one attached hydrogen (secondary N) is 1. The standard InChI is InChI=1S/C33H53N3O6S/c1-20-12-11-14-33(7)27(42-33)17-25(21(2)16-24-19-43-23(4)35-24)36-28(38)18-26(37)32(5,6)31(40)22(3)30(20)41-29(39)13-9-8-10-15-34/h16,19-20,22,25-27,30,37H,8-15,17-18,34H2,1-7H3,(H,36,38)/t20-,22+,25-,26-,27-,30-,33+/m0/s1. The monoisotopic (exact) mass is 619 g/mol. The molecule has 1 aromatic rings. The Balaban J connectivity index is 1.82. The number of aliphatic hydroxyl groups excluding tert-OH is 1. The number of epoxide rings is 1. The number of aliphatic hydroxyl groups is 1. The zero-order valence-electron chi connectivity index (χ0n) is 27.1. The first-order valence-electron chi connectivity index (χ1n) is 15.9. The number of Topliss-reactive ketones (excluding diaryl/α,β-unsaturated/α-hetero) is 1. The van der Waals surface area contributed by atoms with Crippen molar-refractivity contribution in [2.45, 2.75) is 136 Å². The Bertz CT molecular complexity index is 1150. The fourth-order valence-electron chi connectivity index (χ4n) is 6.20. The minimum absolute atomic E-state index is 0.0226. The lowest BCUT2D eigenvalue weighted by Gasteiger charge is -2.36. The third kappa shape index (κ3) is 9.67. The minimum Gasteiger partial charge on any atom is -0.461 e. The summed E-state index contributed by atoms with van der Waals surface area (Å²) in [6.45, 7) is 13.7. The maximum atomic E-state index is 13.9. The molecular formula is C33H53N3O6S. The number of nitrogens with two attached hydrogens (primary N) is 1. The number of amides is 1. The van der Waals surface area contributed by atoms with Gasteiger partial charge in [-0.25, -0.2) is 4.98 Å². The molecule has 3 rings (SSSR count). The van der Waals surface area contributed by atoms with Crippen LogP contribution in [0.1, 0.15) is 110 Å². The van der Waals surface area contributed by atoms with E-state index in [0.717, 1.165) is 48.4 Å². The van der Waals surface area contributed by atoms with Crippen molar-refractivity contribution in [2.24, 2.45) is 23.0 Å². The number of carbonyl (C=O) groups is 3. The van der Waals surface area contributed by atoms with Crippen LogP contribution in [0.5, 0.6) is 0 Å². The summed E-state index contributed by atoms with van der Waals surface area (Å²) in [5.41, 5.74) is 5.84. The van der Waals surface area contributed by atoms with Gasteiger partial charge in [0.2, 0.25) is 5.91 Å². The molecule has 0 unspecified atom stereocenters. The smallest absolute Gasteiger partial charge is 0.306 e. The number of hydrogen-bond acceptors (Lipinski definition) is 9. The molecule has 4 N–H and O–H groups in total. The van der Waals surface area contributed by atoms with Gasteiger partial charge in [0, 0.05) is 18.2 Å². The molecule has 3 heterocycles. The summed E-state index contributed by atoms with van der Waals surface area (Å²) in [7, 11) is 0. The molecule has 2 saturated heterocycles. The highest BCUT2D eigenvalue weighted by Gasteiger charge is 2.52. The number of esters is 1. The van der Waals surface area contributed by atoms with Crippen molar-refractivity contribution in [3.8, 4) is 0 Å². The van der Waals surface area contributed by atoms with Crippen LogP contribution in [-0.2, 0) is 23.9 Å². The predicted octanol–water partition coefficient (Wildman–Crippen LogP) is 5.12. The molecular weight excluding hydrogens is 566 g/mol. The Kier molecular flexibility index (Phi) is 12.5. The Morgan fingerprint density at radius 1 is 1.26 bits per heavy atom. The van der Waals surface area contributed by atoms with Crippen LogP contribution in [0.3, 0.4) is 0 Å². The number of thiazole rings is 1. The number of rotatable bonds is 8. The lowest BCUT2D eigenvalue weighted by atomic mass is 9.72. The van der Waals surface area contributed by atoms with Gasteiger partial charge in [-0.1, -0.05) is 40.5 Å². The van der Waals surface area contributed by atoms with Gasteiger partial charge < -0.3 is 25.6 Å². The molecule has 2 fully saturated rings. The Labute approximate surface area is 261 Å². The summed E-state index contributed by atoms with van der Waals surface area (Å²) in [5, 5.41) is 17.3. The van der Waals surface area contributed by atoms with Gasteiger partial charge >= 0.3 is 5.97 Å². The number of unbranched alkanes of at least 4 members (excludes halogenated alkanes) is 2. The number of nitrogens with zero attached hydrogens (tertiary/aromatic N) is 1. The third-order valence-corrected chi connectivity index (χ3v) is 10.2. The molecule has 1 aromatic heterocycles. The van der Waals surface area contributed by atoms with Gasteiger partial charge in [-0.3, -0.25) is 14.4 Å². The van der Waals surface area contributed by atoms with Crippen molar-refractivity contribution in [3.05, 3.63) is 21.7 Å². The maximum Gasteiger partial charge on any atom is 0.306 e. The van der Waals surface area contributed by atoms with Crippen LogP contribution in [-0.4, -0.2) is 64.2 Å². The zero-order valence-corrected chi connectivity index (χ0v) is 27.9. The summed E-state index contributed by atoms with van der Waals surface area (Å²) < 4.78 is 12.2. The van der Waals surface area contributed by atoms with Gasteiger partial charge in [0.25, 0.3) is 0 Å². The first-order valence-corrected chi connectivity index (χ1v) is 16.7. The van der Waals surface area contributed by atoms with E-state index in [9.17, 15) is 19.5 Å². The van der Waals surface area contributed by atoms with Crippen LogP contribution in [0.4, 0.5) is 0 Å². The van der Waals surface area contributed by atoms with Crippen LogP contribution < -0.4 is 11.1 Å². The van der Waals surface area contributed by atoms with E-state index >= 15 is 0 Å². The number of ketones is 1. The van der Waals surface area contributed by atoms with Crippen molar-refractivity contribution in [1.29, 1.82) is 0 Å². The molecule has 0 bridgehead atoms. The SMILES string of the molecule is CC(=Cc1csc(C)n1)[C@@H]1C[C@@H]2O[C@]2(C)CCC[C@H](C)[C@H](OC(=O)CCCCCN)[C@@H](C)C(=O)C(C)(C)[C@@H](O)CC(=O)N1. The average Bonchev–Trinajstić information content (AvgIpc) is 3.38. The van der Waals surface area contributed by atoms with Gasteiger partial charge in [0.1, 0.15) is 11.9 Å². The molecule has 1 amide bonds. The first-order chi connectivity index (χ1) is 20.2. The second-order valence-electron chi connectivity index (χ2n) is 13.5. The van der Waals surface area contributed by atoms with E-state index in [1.165, 1.54) is 0 Å². The lowest BCUT2D eigenvalue weighted by molar-refractivity contribution is -0.160. The molecule has 2 aliphatic heterocycles. The molecule has 9 nitrogen and oxygen atoms in total. The third-order valence-electron chi connectivity index (χ3n) is 9.38. The van der Waals surface area contributed by atoms with Crippen molar-refractivity contribution in [1.82, 2.24) is 10.3 Å². The van der Waals surface area contributed by atoms with Crippen LogP contribution in [0.25, 0.3) is 6.08 Å². The van der Waals surface area contributed by atoms with E-state index in [4.69, 9.17) is 15.2 Å². The van der Waals surface area contributed by atoms with E-state index in [1.54, 1.807) is 32.1 Å². The largest absolute Gasteiger partial charge is 0.461 e. The summed E-state index contributed by atoms with van der Waals surface area (Å²) in [6.07, 6.45) is 5.59. The van der Waals surface area contributed by atoms with Gasteiger partial charge in [0.15, 0.2) is 0 Å². The molecule has 7 atom stereocenters. The summed E-state index contributed by atoms with van der Waals surface area (Å²) in [4.78, 5) is 44.5. The molecule has 0 aromatic carbocycles. The number of hydrogen-bond donors (Lipinski definition) is 3. The topological polar surface area (TPSA) is 144 Å². The molecule has 43 heavy (non-hydrogen) atoms. The number of aromatic nitrogens is 1. The summed E-state index contributed by atoms with van der Waals surface area (Å²) in [6, 6.07) is -0.299. The quantitative estimate of drug-likeness (QED) is 0.207. The van der Waals surface area contributed by atoms with E-state index in [1.807, 2.05) is 32.2 Å². The second kappa shape index (κ2) is 15.2. The zero-order chi connectivity index (χ0) is 31.9.